The van der Waals surface area contributed by atoms with E-state index in [4.69, 9.17) is 20.9 Å². The molecular weight excluding hydrogens is 388 g/mol. The van der Waals surface area contributed by atoms with Crippen molar-refractivity contribution in [1.29, 1.82) is 0 Å². The Morgan fingerprint density at radius 2 is 1.90 bits per heavy atom. The number of allylic oxidation sites excluding steroid dienone is 3. The van der Waals surface area contributed by atoms with Crippen molar-refractivity contribution in [1.82, 2.24) is 0 Å². The van der Waals surface area contributed by atoms with Gasteiger partial charge in [0.2, 0.25) is 0 Å². The minimum Gasteiger partial charge on any atom is -0.496 e. The predicted octanol–water partition coefficient (Wildman–Crippen LogP) is 5.67. The molecule has 162 valence electrons. The number of benzene rings is 2. The molecule has 1 aliphatic rings. The fourth-order valence-electron chi connectivity index (χ4n) is 3.53. The zero-order valence-electron chi connectivity index (χ0n) is 18.6. The number of hydrogen-bond acceptors (Lipinski definition) is 5. The fourth-order valence-corrected chi connectivity index (χ4v) is 3.53. The summed E-state index contributed by atoms with van der Waals surface area (Å²) in [6.07, 6.45) is 11.1. The number of hydrogen-bond donors (Lipinski definition) is 2. The molecule has 0 spiro atoms. The average Bonchev–Trinajstić information content (AvgIpc) is 2.72. The van der Waals surface area contributed by atoms with Crippen molar-refractivity contribution >= 4 is 29.3 Å². The number of ketones is 1. The van der Waals surface area contributed by atoms with Gasteiger partial charge in [-0.2, -0.15) is 0 Å². The lowest BCUT2D eigenvalue weighted by Crippen LogP contribution is -2.32. The molecule has 2 aromatic rings. The van der Waals surface area contributed by atoms with E-state index >= 15 is 0 Å². The Hall–Kier alpha value is -3.47. The van der Waals surface area contributed by atoms with Gasteiger partial charge in [0.25, 0.3) is 0 Å². The van der Waals surface area contributed by atoms with Crippen molar-refractivity contribution < 1.29 is 14.3 Å². The smallest absolute Gasteiger partial charge is 0.191 e. The molecule has 0 fully saturated rings. The second-order valence-electron chi connectivity index (χ2n) is 8.21. The summed E-state index contributed by atoms with van der Waals surface area (Å²) in [4.78, 5) is 13.0. The first-order valence-electron chi connectivity index (χ1n) is 10.3. The van der Waals surface area contributed by atoms with E-state index in [-0.39, 0.29) is 5.78 Å². The van der Waals surface area contributed by atoms with Gasteiger partial charge in [0, 0.05) is 17.3 Å². The van der Waals surface area contributed by atoms with Crippen LogP contribution in [0.3, 0.4) is 0 Å². The number of fused-ring (bicyclic) bond motifs is 1. The Morgan fingerprint density at radius 3 is 2.55 bits per heavy atom. The third kappa shape index (κ3) is 5.18. The lowest BCUT2D eigenvalue weighted by atomic mass is 9.92. The number of carbonyl (C=O) groups is 1. The van der Waals surface area contributed by atoms with Crippen molar-refractivity contribution in [3.05, 3.63) is 70.8 Å². The maximum Gasteiger partial charge on any atom is 0.191 e. The van der Waals surface area contributed by atoms with Crippen LogP contribution in [-0.4, -0.2) is 18.5 Å². The van der Waals surface area contributed by atoms with Gasteiger partial charge in [-0.15, -0.1) is 0 Å². The third-order valence-electron chi connectivity index (χ3n) is 5.30. The highest BCUT2D eigenvalue weighted by atomic mass is 16.5. The molecule has 1 unspecified atom stereocenters. The molecule has 2 aromatic carbocycles. The van der Waals surface area contributed by atoms with E-state index in [9.17, 15) is 4.79 Å². The number of rotatable bonds is 7. The highest BCUT2D eigenvalue weighted by Crippen LogP contribution is 2.42. The first kappa shape index (κ1) is 22.2. The topological polar surface area (TPSA) is 87.6 Å². The lowest BCUT2D eigenvalue weighted by molar-refractivity contribution is 0.104. The van der Waals surface area contributed by atoms with Crippen molar-refractivity contribution in [2.75, 3.05) is 18.6 Å². The molecule has 0 saturated carbocycles. The highest BCUT2D eigenvalue weighted by Gasteiger charge is 2.30. The fraction of sp³-hybridized carbons (Fsp3) is 0.269. The van der Waals surface area contributed by atoms with Crippen LogP contribution in [-0.2, 0) is 0 Å². The van der Waals surface area contributed by atoms with Crippen LogP contribution < -0.4 is 20.9 Å². The van der Waals surface area contributed by atoms with Gasteiger partial charge in [0.05, 0.1) is 18.4 Å². The van der Waals surface area contributed by atoms with Crippen LogP contribution in [0.4, 0.5) is 11.4 Å². The number of ether oxygens (including phenoxy) is 2. The maximum absolute atomic E-state index is 13.0. The molecule has 31 heavy (non-hydrogen) atoms. The Morgan fingerprint density at radius 1 is 1.19 bits per heavy atom. The largest absolute Gasteiger partial charge is 0.496 e. The zero-order valence-corrected chi connectivity index (χ0v) is 18.6. The monoisotopic (exact) mass is 418 g/mol. The van der Waals surface area contributed by atoms with Crippen LogP contribution in [0.5, 0.6) is 11.5 Å². The van der Waals surface area contributed by atoms with Gasteiger partial charge >= 0.3 is 0 Å². The molecule has 5 heteroatoms. The molecule has 0 bridgehead atoms. The summed E-state index contributed by atoms with van der Waals surface area (Å²) in [5.74, 6) is 0.778. The van der Waals surface area contributed by atoms with Gasteiger partial charge in [-0.1, -0.05) is 29.9 Å². The Labute approximate surface area is 184 Å². The first-order chi connectivity index (χ1) is 14.7. The summed E-state index contributed by atoms with van der Waals surface area (Å²) in [6, 6.07) is 9.01. The van der Waals surface area contributed by atoms with E-state index in [1.54, 1.807) is 24.3 Å². The third-order valence-corrected chi connectivity index (χ3v) is 5.30. The summed E-state index contributed by atoms with van der Waals surface area (Å²) < 4.78 is 11.8. The molecule has 1 aliphatic heterocycles. The minimum atomic E-state index is -0.447. The second kappa shape index (κ2) is 9.13. The molecule has 0 aliphatic carbocycles. The second-order valence-corrected chi connectivity index (χ2v) is 8.21. The molecule has 0 radical (unpaired) electrons. The Kier molecular flexibility index (Phi) is 6.54. The van der Waals surface area contributed by atoms with E-state index in [0.29, 0.717) is 34.0 Å². The zero-order chi connectivity index (χ0) is 22.6. The van der Waals surface area contributed by atoms with Crippen LogP contribution >= 0.6 is 0 Å². The summed E-state index contributed by atoms with van der Waals surface area (Å²) in [5, 5.41) is 0. The van der Waals surface area contributed by atoms with Gasteiger partial charge in [-0.25, -0.2) is 0 Å². The van der Waals surface area contributed by atoms with Crippen molar-refractivity contribution in [3.8, 4) is 11.5 Å². The number of anilines is 2. The Balaban J connectivity index is 1.89. The van der Waals surface area contributed by atoms with E-state index in [0.717, 1.165) is 18.4 Å². The summed E-state index contributed by atoms with van der Waals surface area (Å²) in [5.41, 5.74) is 15.9. The highest BCUT2D eigenvalue weighted by molar-refractivity contribution is 6.13. The van der Waals surface area contributed by atoms with Crippen molar-refractivity contribution in [3.63, 3.8) is 0 Å². The van der Waals surface area contributed by atoms with E-state index < -0.39 is 5.60 Å². The molecule has 0 saturated heterocycles. The number of nitrogen functional groups attached to an aromatic ring is 2. The molecule has 4 N–H and O–H groups in total. The lowest BCUT2D eigenvalue weighted by Gasteiger charge is -2.32. The minimum absolute atomic E-state index is 0.237. The summed E-state index contributed by atoms with van der Waals surface area (Å²) in [7, 11) is 1.52. The average molecular weight is 419 g/mol. The Bertz CT molecular complexity index is 1060. The van der Waals surface area contributed by atoms with Crippen LogP contribution in [0.15, 0.2) is 54.1 Å². The van der Waals surface area contributed by atoms with Gasteiger partial charge in [-0.05, 0) is 69.5 Å². The molecule has 1 heterocycles. The van der Waals surface area contributed by atoms with Gasteiger partial charge < -0.3 is 20.9 Å². The standard InChI is InChI=1S/C26H30N2O3/c1-17(2)6-5-14-26(3)15-13-20-22(31-26)16-23(30-4)24(25(20)28)21(29)12-9-18-7-10-19(27)11-8-18/h6-13,15-16H,5,14,27-28H2,1-4H3/b12-9+. The molecule has 0 aromatic heterocycles. The summed E-state index contributed by atoms with van der Waals surface area (Å²) >= 11 is 0. The van der Waals surface area contributed by atoms with E-state index in [1.165, 1.54) is 18.8 Å². The van der Waals surface area contributed by atoms with Crippen LogP contribution in [0.1, 0.15) is 55.1 Å². The molecule has 5 nitrogen and oxygen atoms in total. The van der Waals surface area contributed by atoms with Crippen molar-refractivity contribution in [2.24, 2.45) is 0 Å². The molecule has 1 atom stereocenters. The van der Waals surface area contributed by atoms with Gasteiger partial charge in [-0.3, -0.25) is 4.79 Å². The van der Waals surface area contributed by atoms with Crippen LogP contribution in [0.2, 0.25) is 0 Å². The van der Waals surface area contributed by atoms with E-state index in [1.807, 2.05) is 31.2 Å². The van der Waals surface area contributed by atoms with Crippen LogP contribution in [0, 0.1) is 0 Å². The number of methoxy groups -OCH3 is 1. The van der Waals surface area contributed by atoms with Crippen molar-refractivity contribution in [2.45, 2.75) is 39.2 Å². The SMILES string of the molecule is COc1cc2c(c(N)c1C(=O)/C=C/c1ccc(N)cc1)C=CC(C)(CCC=C(C)C)O2. The quantitative estimate of drug-likeness (QED) is 0.262. The maximum atomic E-state index is 13.0. The summed E-state index contributed by atoms with van der Waals surface area (Å²) in [6.45, 7) is 6.21. The predicted molar refractivity (Wildman–Crippen MR) is 128 cm³/mol. The van der Waals surface area contributed by atoms with Crippen LogP contribution in [0.25, 0.3) is 12.2 Å². The van der Waals surface area contributed by atoms with Gasteiger partial charge in [0.1, 0.15) is 17.1 Å². The molecular formula is C26H30N2O3. The normalized spacial score (nSPS) is 17.2. The molecule has 3 rings (SSSR count). The number of nitrogens with two attached hydrogens (primary N) is 2. The van der Waals surface area contributed by atoms with Gasteiger partial charge in [0.15, 0.2) is 5.78 Å². The number of carbonyl (C=O) groups excluding carboxylic acids is 1. The first-order valence-corrected chi connectivity index (χ1v) is 10.3. The van der Waals surface area contributed by atoms with E-state index in [2.05, 4.69) is 19.9 Å². The molecule has 0 amide bonds.